The molecule has 0 aromatic heterocycles. The van der Waals surface area contributed by atoms with Gasteiger partial charge in [-0.25, -0.2) is 9.29 Å². The van der Waals surface area contributed by atoms with Crippen LogP contribution in [0.25, 0.3) is 0 Å². The second-order valence-corrected chi connectivity index (χ2v) is 7.69. The number of anilines is 2. The molecule has 5 rings (SSSR count). The van der Waals surface area contributed by atoms with Gasteiger partial charge in [0.1, 0.15) is 11.4 Å². The van der Waals surface area contributed by atoms with Crippen LogP contribution in [0, 0.1) is 17.7 Å². The van der Waals surface area contributed by atoms with Crippen molar-refractivity contribution in [2.75, 3.05) is 10.2 Å². The fourth-order valence-corrected chi connectivity index (χ4v) is 4.97. The predicted octanol–water partition coefficient (Wildman–Crippen LogP) is 1.13. The van der Waals surface area contributed by atoms with Gasteiger partial charge in [0.05, 0.1) is 23.6 Å². The molecule has 3 N–H and O–H groups in total. The molecule has 0 saturated carbocycles. The fourth-order valence-electron chi connectivity index (χ4n) is 4.97. The summed E-state index contributed by atoms with van der Waals surface area (Å²) in [5, 5.41) is 16.2. The quantitative estimate of drug-likeness (QED) is 0.663. The number of hydrogen-bond donors (Lipinski definition) is 3. The van der Waals surface area contributed by atoms with Gasteiger partial charge in [0, 0.05) is 17.3 Å². The van der Waals surface area contributed by atoms with Crippen LogP contribution in [0.5, 0.6) is 0 Å². The van der Waals surface area contributed by atoms with Crippen molar-refractivity contribution in [2.45, 2.75) is 24.6 Å². The molecule has 8 heteroatoms. The smallest absolute Gasteiger partial charge is 0.250 e. The first-order chi connectivity index (χ1) is 13.9. The van der Waals surface area contributed by atoms with Gasteiger partial charge in [-0.2, -0.15) is 0 Å². The van der Waals surface area contributed by atoms with E-state index in [0.717, 1.165) is 4.90 Å². The summed E-state index contributed by atoms with van der Waals surface area (Å²) in [6.07, 6.45) is -1.01. The lowest BCUT2D eigenvalue weighted by Gasteiger charge is -2.30. The van der Waals surface area contributed by atoms with Gasteiger partial charge in [0.2, 0.25) is 17.7 Å². The number of nitrogens with one attached hydrogen (secondary N) is 2. The van der Waals surface area contributed by atoms with Crippen LogP contribution >= 0.6 is 0 Å². The summed E-state index contributed by atoms with van der Waals surface area (Å²) < 4.78 is 14.4. The Hall–Kier alpha value is -3.10. The fraction of sp³-hybridized carbons (Fsp3) is 0.286. The Morgan fingerprint density at radius 1 is 1.07 bits per heavy atom. The summed E-state index contributed by atoms with van der Waals surface area (Å²) >= 11 is 0. The molecule has 0 unspecified atom stereocenters. The number of para-hydroxylation sites is 2. The first kappa shape index (κ1) is 18.0. The zero-order valence-corrected chi connectivity index (χ0v) is 15.4. The minimum atomic E-state index is -1.50. The minimum absolute atomic E-state index is 0.150. The van der Waals surface area contributed by atoms with Crippen molar-refractivity contribution < 1.29 is 23.9 Å². The van der Waals surface area contributed by atoms with Crippen LogP contribution in [-0.2, 0) is 19.9 Å². The van der Waals surface area contributed by atoms with Gasteiger partial charge < -0.3 is 10.4 Å². The van der Waals surface area contributed by atoms with E-state index in [-0.39, 0.29) is 5.69 Å². The average molecular weight is 395 g/mol. The van der Waals surface area contributed by atoms with Gasteiger partial charge in [0.25, 0.3) is 0 Å². The summed E-state index contributed by atoms with van der Waals surface area (Å²) in [4.78, 5) is 40.7. The molecule has 2 aromatic rings. The van der Waals surface area contributed by atoms with Crippen LogP contribution in [0.15, 0.2) is 48.5 Å². The highest BCUT2D eigenvalue weighted by Crippen LogP contribution is 2.53. The van der Waals surface area contributed by atoms with Gasteiger partial charge >= 0.3 is 0 Å². The van der Waals surface area contributed by atoms with Gasteiger partial charge in [-0.05, 0) is 25.1 Å². The van der Waals surface area contributed by atoms with E-state index in [1.54, 1.807) is 24.3 Å². The molecule has 148 valence electrons. The van der Waals surface area contributed by atoms with E-state index in [1.165, 1.54) is 31.2 Å². The maximum Gasteiger partial charge on any atom is 0.250 e. The van der Waals surface area contributed by atoms with Crippen LogP contribution in [0.3, 0.4) is 0 Å². The molecule has 5 atom stereocenters. The van der Waals surface area contributed by atoms with E-state index < -0.39 is 53.1 Å². The molecular formula is C21H18FN3O4. The van der Waals surface area contributed by atoms with E-state index >= 15 is 0 Å². The molecule has 3 aliphatic rings. The van der Waals surface area contributed by atoms with E-state index in [2.05, 4.69) is 10.6 Å². The number of carbonyl (C=O) groups is 3. The third kappa shape index (κ3) is 2.15. The number of amides is 3. The van der Waals surface area contributed by atoms with Crippen molar-refractivity contribution in [3.05, 3.63) is 59.9 Å². The lowest BCUT2D eigenvalue weighted by Crippen LogP contribution is -2.55. The molecule has 2 aromatic carbocycles. The number of rotatable bonds is 2. The summed E-state index contributed by atoms with van der Waals surface area (Å²) in [5.41, 5.74) is -0.572. The number of nitrogens with zero attached hydrogens (tertiary/aromatic N) is 1. The van der Waals surface area contributed by atoms with E-state index in [9.17, 15) is 23.9 Å². The summed E-state index contributed by atoms with van der Waals surface area (Å²) in [7, 11) is 0. The zero-order chi connectivity index (χ0) is 20.5. The third-order valence-corrected chi connectivity index (χ3v) is 6.17. The molecule has 29 heavy (non-hydrogen) atoms. The number of imide groups is 1. The highest BCUT2D eigenvalue weighted by molar-refractivity contribution is 6.25. The van der Waals surface area contributed by atoms with Crippen molar-refractivity contribution in [2.24, 2.45) is 11.8 Å². The summed E-state index contributed by atoms with van der Waals surface area (Å²) in [5.74, 6) is -4.56. The molecule has 0 radical (unpaired) electrons. The van der Waals surface area contributed by atoms with Crippen molar-refractivity contribution in [1.82, 2.24) is 5.32 Å². The molecule has 2 saturated heterocycles. The molecule has 1 spiro atoms. The van der Waals surface area contributed by atoms with Gasteiger partial charge in [-0.1, -0.05) is 30.3 Å². The topological polar surface area (TPSA) is 98.7 Å². The van der Waals surface area contributed by atoms with Crippen molar-refractivity contribution in [3.8, 4) is 0 Å². The Kier molecular flexibility index (Phi) is 3.68. The van der Waals surface area contributed by atoms with E-state index in [4.69, 9.17) is 0 Å². The Labute approximate surface area is 165 Å². The van der Waals surface area contributed by atoms with Crippen LogP contribution in [0.1, 0.15) is 12.5 Å². The normalized spacial score (nSPS) is 31.2. The molecular weight excluding hydrogens is 377 g/mol. The SMILES string of the molecule is C[C@@H](O)[C@@H]1N[C@]2(C(=O)Nc3ccccc32)[C@@H]2C(=O)N(c3ccccc3F)C(=O)[C@H]12. The monoisotopic (exact) mass is 395 g/mol. The highest BCUT2D eigenvalue weighted by atomic mass is 19.1. The Bertz CT molecular complexity index is 1070. The van der Waals surface area contributed by atoms with Crippen molar-refractivity contribution >= 4 is 29.1 Å². The number of aliphatic hydroxyl groups is 1. The number of aliphatic hydroxyl groups excluding tert-OH is 1. The largest absolute Gasteiger partial charge is 0.392 e. The van der Waals surface area contributed by atoms with Gasteiger partial charge in [-0.3, -0.25) is 19.7 Å². The molecule has 3 heterocycles. The van der Waals surface area contributed by atoms with Crippen LogP contribution in [0.2, 0.25) is 0 Å². The number of benzene rings is 2. The lowest BCUT2D eigenvalue weighted by atomic mass is 9.76. The maximum atomic E-state index is 14.4. The summed E-state index contributed by atoms with van der Waals surface area (Å²) in [6, 6.07) is 11.6. The van der Waals surface area contributed by atoms with E-state index in [0.29, 0.717) is 11.3 Å². The number of halogens is 1. The Morgan fingerprint density at radius 2 is 1.76 bits per heavy atom. The minimum Gasteiger partial charge on any atom is -0.392 e. The zero-order valence-electron chi connectivity index (χ0n) is 15.4. The molecule has 0 aliphatic carbocycles. The first-order valence-corrected chi connectivity index (χ1v) is 9.37. The Balaban J connectivity index is 1.71. The highest BCUT2D eigenvalue weighted by Gasteiger charge is 2.71. The summed E-state index contributed by atoms with van der Waals surface area (Å²) in [6.45, 7) is 1.50. The molecule has 3 amide bonds. The molecule has 2 fully saturated rings. The van der Waals surface area contributed by atoms with Crippen LogP contribution in [-0.4, -0.2) is 35.0 Å². The average Bonchev–Trinajstić information content (AvgIpc) is 3.28. The molecule has 7 nitrogen and oxygen atoms in total. The van der Waals surface area contributed by atoms with E-state index in [1.807, 2.05) is 0 Å². The predicted molar refractivity (Wildman–Crippen MR) is 101 cm³/mol. The lowest BCUT2D eigenvalue weighted by molar-refractivity contribution is -0.130. The standard InChI is InChI=1S/C21H18FN3O4/c1-10(26)17-15-16(19(28)25(18(15)27)14-9-5-3-7-12(14)22)21(24-17)11-6-2-4-8-13(11)23-20(21)29/h2-10,15-17,24,26H,1H3,(H,23,29)/t10-,15+,16+,17+,21+/m1/s1. The number of fused-ring (bicyclic) bond motifs is 4. The third-order valence-electron chi connectivity index (χ3n) is 6.17. The number of carbonyl (C=O) groups excluding carboxylic acids is 3. The van der Waals surface area contributed by atoms with Crippen LogP contribution in [0.4, 0.5) is 15.8 Å². The van der Waals surface area contributed by atoms with Crippen LogP contribution < -0.4 is 15.5 Å². The molecule has 3 aliphatic heterocycles. The van der Waals surface area contributed by atoms with Crippen molar-refractivity contribution in [3.63, 3.8) is 0 Å². The Morgan fingerprint density at radius 3 is 2.48 bits per heavy atom. The second-order valence-electron chi connectivity index (χ2n) is 7.69. The molecule has 0 bridgehead atoms. The second kappa shape index (κ2) is 5.95. The maximum absolute atomic E-state index is 14.4. The van der Waals surface area contributed by atoms with Gasteiger partial charge in [0.15, 0.2) is 0 Å². The number of hydrogen-bond acceptors (Lipinski definition) is 5. The van der Waals surface area contributed by atoms with Gasteiger partial charge in [-0.15, -0.1) is 0 Å². The van der Waals surface area contributed by atoms with Crippen molar-refractivity contribution in [1.29, 1.82) is 0 Å². The first-order valence-electron chi connectivity index (χ1n) is 9.37.